The first kappa shape index (κ1) is 4.47. The molecule has 0 atom stereocenters. The Bertz CT molecular complexity index is 23.0. The summed E-state index contributed by atoms with van der Waals surface area (Å²) in [5.41, 5.74) is 0. The molecule has 36 valence electrons. The Morgan fingerprint density at radius 1 is 1.17 bits per heavy atom. The van der Waals surface area contributed by atoms with Crippen LogP contribution in [-0.2, 0) is 4.74 Å². The van der Waals surface area contributed by atoms with Crippen LogP contribution in [0.5, 0.6) is 0 Å². The summed E-state index contributed by atoms with van der Waals surface area (Å²) in [6.45, 7) is 2.00. The number of rotatable bonds is 0. The molecule has 6 heavy (non-hydrogen) atoms. The predicted octanol–water partition coefficient (Wildman–Crippen LogP) is 0.750. The van der Waals surface area contributed by atoms with Crippen LogP contribution in [0.4, 0.5) is 0 Å². The van der Waals surface area contributed by atoms with E-state index in [-0.39, 0.29) is 0 Å². The highest BCUT2D eigenvalue weighted by atomic mass is 32.2. The molecule has 2 heterocycles. The maximum Gasteiger partial charge on any atom is 0.0701 e. The summed E-state index contributed by atoms with van der Waals surface area (Å²) in [4.78, 5) is 0. The Hall–Kier alpha value is 0.310. The van der Waals surface area contributed by atoms with Gasteiger partial charge in [0.2, 0.25) is 0 Å². The Morgan fingerprint density at radius 3 is 1.50 bits per heavy atom. The van der Waals surface area contributed by atoms with Gasteiger partial charge in [-0.1, -0.05) is 0 Å². The minimum atomic E-state index is 1.00. The highest BCUT2D eigenvalue weighted by Crippen LogP contribution is 2.14. The maximum atomic E-state index is 4.50. The van der Waals surface area contributed by atoms with Crippen molar-refractivity contribution in [2.24, 2.45) is 0 Å². The van der Waals surface area contributed by atoms with Gasteiger partial charge in [-0.25, -0.2) is 0 Å². The lowest BCUT2D eigenvalue weighted by molar-refractivity contribution is 0.475. The van der Waals surface area contributed by atoms with E-state index in [2.05, 4.69) is 4.74 Å². The van der Waals surface area contributed by atoms with Crippen molar-refractivity contribution in [1.29, 1.82) is 0 Å². The molecule has 0 radical (unpaired) electrons. The SMILES string of the molecule is C1CO1.C1CS1. The zero-order valence-electron chi connectivity index (χ0n) is 3.64. The number of hydrogen-bond donors (Lipinski definition) is 0. The third-order valence-corrected chi connectivity index (χ3v) is 0.816. The van der Waals surface area contributed by atoms with E-state index in [1.54, 1.807) is 0 Å². The molecule has 2 heteroatoms. The molecule has 0 aliphatic carbocycles. The van der Waals surface area contributed by atoms with Gasteiger partial charge in [0.15, 0.2) is 0 Å². The summed E-state index contributed by atoms with van der Waals surface area (Å²) >= 11 is 2.00. The van der Waals surface area contributed by atoms with Gasteiger partial charge < -0.3 is 4.74 Å². The van der Waals surface area contributed by atoms with Crippen molar-refractivity contribution in [1.82, 2.24) is 0 Å². The molecule has 2 aliphatic rings. The quantitative estimate of drug-likeness (QED) is 0.420. The summed E-state index contributed by atoms with van der Waals surface area (Å²) in [7, 11) is 0. The second-order valence-corrected chi connectivity index (χ2v) is 2.45. The van der Waals surface area contributed by atoms with E-state index in [0.29, 0.717) is 0 Å². The fraction of sp³-hybridized carbons (Fsp3) is 1.00. The molecule has 2 saturated heterocycles. The fourth-order valence-electron chi connectivity index (χ4n) is 0. The lowest BCUT2D eigenvalue weighted by atomic mass is 11.0. The van der Waals surface area contributed by atoms with E-state index in [9.17, 15) is 0 Å². The third-order valence-electron chi connectivity index (χ3n) is 0.408. The molecule has 0 unspecified atom stereocenters. The average Bonchev–Trinajstić information content (AvgIpc) is 2.31. The molecular weight excluding hydrogens is 96.1 g/mol. The molecular formula is C4H8OS. The first-order chi connectivity index (χ1) is 3.00. The number of epoxide rings is 1. The summed E-state index contributed by atoms with van der Waals surface area (Å²) in [6, 6.07) is 0. The standard InChI is InChI=1S/C2H4O.C2H4S/c2*1-2-3-1/h2*1-2H2. The molecule has 0 N–H and O–H groups in total. The van der Waals surface area contributed by atoms with E-state index in [1.807, 2.05) is 11.8 Å². The van der Waals surface area contributed by atoms with Crippen LogP contribution in [-0.4, -0.2) is 24.7 Å². The Kier molecular flexibility index (Phi) is 1.85. The first-order valence-corrected chi connectivity index (χ1v) is 3.31. The molecule has 0 aromatic rings. The minimum Gasteiger partial charge on any atom is -0.377 e. The lowest BCUT2D eigenvalue weighted by Crippen LogP contribution is -1.20. The Labute approximate surface area is 42.1 Å². The van der Waals surface area contributed by atoms with Crippen molar-refractivity contribution in [3.05, 3.63) is 0 Å². The Morgan fingerprint density at radius 2 is 1.50 bits per heavy atom. The molecule has 1 nitrogen and oxygen atoms in total. The van der Waals surface area contributed by atoms with Crippen LogP contribution in [0.2, 0.25) is 0 Å². The molecule has 0 aromatic carbocycles. The molecule has 2 fully saturated rings. The van der Waals surface area contributed by atoms with Crippen molar-refractivity contribution in [3.8, 4) is 0 Å². The van der Waals surface area contributed by atoms with E-state index in [0.717, 1.165) is 13.2 Å². The van der Waals surface area contributed by atoms with Gasteiger partial charge in [-0.15, -0.1) is 0 Å². The lowest BCUT2D eigenvalue weighted by Gasteiger charge is -1.24. The average molecular weight is 104 g/mol. The highest BCUT2D eigenvalue weighted by molar-refractivity contribution is 8.06. The van der Waals surface area contributed by atoms with Crippen LogP contribution < -0.4 is 0 Å². The second-order valence-electron chi connectivity index (χ2n) is 1.22. The topological polar surface area (TPSA) is 12.5 Å². The number of thioether (sulfide) groups is 1. The van der Waals surface area contributed by atoms with Gasteiger partial charge in [0.05, 0.1) is 13.2 Å². The van der Waals surface area contributed by atoms with Crippen LogP contribution in [0.3, 0.4) is 0 Å². The van der Waals surface area contributed by atoms with Gasteiger partial charge in [-0.2, -0.15) is 11.8 Å². The zero-order chi connectivity index (χ0) is 4.24. The van der Waals surface area contributed by atoms with Crippen LogP contribution in [0, 0.1) is 0 Å². The largest absolute Gasteiger partial charge is 0.377 e. The van der Waals surface area contributed by atoms with Gasteiger partial charge in [0, 0.05) is 11.5 Å². The van der Waals surface area contributed by atoms with E-state index in [1.165, 1.54) is 11.5 Å². The third kappa shape index (κ3) is 8.85. The zero-order valence-corrected chi connectivity index (χ0v) is 4.46. The molecule has 0 bridgehead atoms. The molecule has 2 aliphatic heterocycles. The van der Waals surface area contributed by atoms with E-state index in [4.69, 9.17) is 0 Å². The van der Waals surface area contributed by atoms with Gasteiger partial charge in [-0.05, 0) is 0 Å². The van der Waals surface area contributed by atoms with Crippen molar-refractivity contribution >= 4 is 11.8 Å². The van der Waals surface area contributed by atoms with Crippen molar-refractivity contribution in [2.45, 2.75) is 0 Å². The van der Waals surface area contributed by atoms with Gasteiger partial charge >= 0.3 is 0 Å². The summed E-state index contributed by atoms with van der Waals surface area (Å²) in [5, 5.41) is 0. The van der Waals surface area contributed by atoms with Crippen LogP contribution in [0.25, 0.3) is 0 Å². The van der Waals surface area contributed by atoms with Crippen LogP contribution >= 0.6 is 11.8 Å². The molecule has 0 saturated carbocycles. The van der Waals surface area contributed by atoms with Gasteiger partial charge in [-0.3, -0.25) is 0 Å². The summed E-state index contributed by atoms with van der Waals surface area (Å²) in [6.07, 6.45) is 0. The molecule has 0 spiro atoms. The number of ether oxygens (including phenoxy) is 1. The summed E-state index contributed by atoms with van der Waals surface area (Å²) < 4.78 is 4.50. The Balaban J connectivity index is 0.0000000600. The van der Waals surface area contributed by atoms with Gasteiger partial charge in [0.25, 0.3) is 0 Å². The maximum absolute atomic E-state index is 4.50. The molecule has 2 rings (SSSR count). The van der Waals surface area contributed by atoms with Crippen molar-refractivity contribution < 1.29 is 4.74 Å². The van der Waals surface area contributed by atoms with Crippen LogP contribution in [0.1, 0.15) is 0 Å². The first-order valence-electron chi connectivity index (χ1n) is 2.15. The monoisotopic (exact) mass is 104 g/mol. The molecule has 0 aromatic heterocycles. The smallest absolute Gasteiger partial charge is 0.0701 e. The summed E-state index contributed by atoms with van der Waals surface area (Å²) in [5.74, 6) is 2.83. The van der Waals surface area contributed by atoms with Gasteiger partial charge in [0.1, 0.15) is 0 Å². The second kappa shape index (κ2) is 2.48. The van der Waals surface area contributed by atoms with Crippen molar-refractivity contribution in [3.63, 3.8) is 0 Å². The van der Waals surface area contributed by atoms with E-state index >= 15 is 0 Å². The van der Waals surface area contributed by atoms with Crippen LogP contribution in [0.15, 0.2) is 0 Å². The van der Waals surface area contributed by atoms with E-state index < -0.39 is 0 Å². The highest BCUT2D eigenvalue weighted by Gasteiger charge is 1.95. The fourth-order valence-corrected chi connectivity index (χ4v) is 0. The molecule has 0 amide bonds. The number of hydrogen-bond acceptors (Lipinski definition) is 2. The normalized spacial score (nSPS) is 24.0. The van der Waals surface area contributed by atoms with Crippen molar-refractivity contribution in [2.75, 3.05) is 24.7 Å². The predicted molar refractivity (Wildman–Crippen MR) is 28.1 cm³/mol. The minimum absolute atomic E-state index is 1.00.